The van der Waals surface area contributed by atoms with E-state index in [1.165, 1.54) is 16.9 Å². The fourth-order valence-corrected chi connectivity index (χ4v) is 6.60. The number of aryl methyl sites for hydroxylation is 1. The van der Waals surface area contributed by atoms with Gasteiger partial charge in [-0.15, -0.1) is 0 Å². The number of hydrogen-bond acceptors (Lipinski definition) is 5. The number of benzene rings is 3. The second-order valence-corrected chi connectivity index (χ2v) is 11.6. The van der Waals surface area contributed by atoms with Crippen LogP contribution in [0.2, 0.25) is 0 Å². The largest absolute Gasteiger partial charge is 0.463 e. The Kier molecular flexibility index (Phi) is 7.52. The van der Waals surface area contributed by atoms with Gasteiger partial charge in [0.1, 0.15) is 0 Å². The molecule has 1 atom stereocenters. The second kappa shape index (κ2) is 11.4. The first kappa shape index (κ1) is 27.7. The van der Waals surface area contributed by atoms with Crippen molar-refractivity contribution in [1.82, 2.24) is 9.13 Å². The summed E-state index contributed by atoms with van der Waals surface area (Å²) < 4.78 is 10.0. The molecule has 1 aliphatic rings. The highest BCUT2D eigenvalue weighted by atomic mass is 32.1. The first-order valence-electron chi connectivity index (χ1n) is 14.4. The zero-order valence-electron chi connectivity index (χ0n) is 24.2. The number of carbonyl (C=O) groups excluding carboxylic acids is 1. The summed E-state index contributed by atoms with van der Waals surface area (Å²) in [5.74, 6) is -0.121. The van der Waals surface area contributed by atoms with Crippen LogP contribution in [0.5, 0.6) is 0 Å². The molecule has 2 aromatic heterocycles. The Hall–Kier alpha value is -4.49. The molecular weight excluding hydrogens is 542 g/mol. The predicted molar refractivity (Wildman–Crippen MR) is 169 cm³/mol. The molecule has 3 aromatic carbocycles. The molecule has 3 heterocycles. The van der Waals surface area contributed by atoms with Crippen molar-refractivity contribution >= 4 is 40.0 Å². The minimum absolute atomic E-state index is 0.182. The number of nitrogens with zero attached hydrogens (tertiary/aromatic N) is 3. The van der Waals surface area contributed by atoms with Crippen molar-refractivity contribution in [3.05, 3.63) is 133 Å². The summed E-state index contributed by atoms with van der Waals surface area (Å²) in [5.41, 5.74) is 5.63. The van der Waals surface area contributed by atoms with Gasteiger partial charge >= 0.3 is 5.97 Å². The van der Waals surface area contributed by atoms with Gasteiger partial charge in [0.15, 0.2) is 4.80 Å². The lowest BCUT2D eigenvalue weighted by Gasteiger charge is -2.26. The van der Waals surface area contributed by atoms with E-state index in [0.29, 0.717) is 26.5 Å². The monoisotopic (exact) mass is 575 g/mol. The van der Waals surface area contributed by atoms with Crippen LogP contribution in [0.1, 0.15) is 61.9 Å². The molecule has 5 aromatic rings. The van der Waals surface area contributed by atoms with Crippen LogP contribution in [0.4, 0.5) is 0 Å². The maximum absolute atomic E-state index is 14.3. The Morgan fingerprint density at radius 2 is 1.71 bits per heavy atom. The van der Waals surface area contributed by atoms with Crippen molar-refractivity contribution in [2.24, 2.45) is 4.99 Å². The molecule has 6 rings (SSSR count). The van der Waals surface area contributed by atoms with Gasteiger partial charge in [0.2, 0.25) is 0 Å². The third-order valence-electron chi connectivity index (χ3n) is 7.74. The molecule has 0 fully saturated rings. The van der Waals surface area contributed by atoms with E-state index in [0.717, 1.165) is 34.1 Å². The lowest BCUT2D eigenvalue weighted by Crippen LogP contribution is -2.40. The minimum atomic E-state index is -0.684. The van der Waals surface area contributed by atoms with Crippen LogP contribution in [-0.4, -0.2) is 21.7 Å². The van der Waals surface area contributed by atoms with E-state index in [2.05, 4.69) is 55.8 Å². The third kappa shape index (κ3) is 4.84. The number of carbonyl (C=O) groups is 1. The third-order valence-corrected chi connectivity index (χ3v) is 8.72. The Balaban J connectivity index is 1.64. The maximum atomic E-state index is 14.3. The number of thiazole rings is 1. The van der Waals surface area contributed by atoms with Crippen molar-refractivity contribution in [3.8, 4) is 0 Å². The van der Waals surface area contributed by atoms with Gasteiger partial charge in [-0.1, -0.05) is 98.0 Å². The normalized spacial score (nSPS) is 15.3. The summed E-state index contributed by atoms with van der Waals surface area (Å²) in [7, 11) is 0. The number of ether oxygens (including phenoxy) is 1. The lowest BCUT2D eigenvalue weighted by molar-refractivity contribution is -0.138. The zero-order valence-corrected chi connectivity index (χ0v) is 25.0. The van der Waals surface area contributed by atoms with Crippen molar-refractivity contribution in [2.45, 2.75) is 46.2 Å². The molecular formula is C35H33N3O3S. The van der Waals surface area contributed by atoms with Gasteiger partial charge in [0, 0.05) is 34.8 Å². The van der Waals surface area contributed by atoms with Gasteiger partial charge in [0.25, 0.3) is 5.56 Å². The minimum Gasteiger partial charge on any atom is -0.463 e. The number of hydrogen-bond donors (Lipinski definition) is 0. The van der Waals surface area contributed by atoms with Crippen molar-refractivity contribution in [3.63, 3.8) is 0 Å². The molecule has 0 unspecified atom stereocenters. The van der Waals surface area contributed by atoms with Crippen LogP contribution in [-0.2, 0) is 16.1 Å². The highest BCUT2D eigenvalue weighted by molar-refractivity contribution is 7.07. The molecule has 0 amide bonds. The molecule has 0 saturated carbocycles. The Bertz CT molecular complexity index is 1990. The molecule has 0 N–H and O–H groups in total. The molecule has 42 heavy (non-hydrogen) atoms. The lowest BCUT2D eigenvalue weighted by atomic mass is 9.91. The molecule has 0 radical (unpaired) electrons. The van der Waals surface area contributed by atoms with Gasteiger partial charge in [-0.2, -0.15) is 0 Å². The fraction of sp³-hybridized carbons (Fsp3) is 0.229. The number of para-hydroxylation sites is 1. The number of esters is 1. The number of rotatable bonds is 7. The van der Waals surface area contributed by atoms with Crippen LogP contribution in [0.3, 0.4) is 0 Å². The smallest absolute Gasteiger partial charge is 0.338 e. The molecule has 6 nitrogen and oxygen atoms in total. The summed E-state index contributed by atoms with van der Waals surface area (Å²) in [6, 6.07) is 25.3. The molecule has 0 spiro atoms. The van der Waals surface area contributed by atoms with Crippen LogP contribution in [0, 0.1) is 0 Å². The molecule has 7 heteroatoms. The second-order valence-electron chi connectivity index (χ2n) is 10.6. The Labute approximate surface area is 248 Å². The van der Waals surface area contributed by atoms with E-state index < -0.39 is 12.0 Å². The standard InChI is InChI=1S/C35H33N3O3S/c1-5-37-21-26(27-14-10-11-15-28(27)37)20-29-33(39)38-32(25-18-16-23(17-19-25)22(3)4)30(34(40)41-6-2)31(36-35(38)42-29)24-12-8-7-9-13-24/h7-22,32H,5-6H2,1-4H3/b29-20-/t32-/m1/s1. The molecule has 0 bridgehead atoms. The maximum Gasteiger partial charge on any atom is 0.338 e. The number of aromatic nitrogens is 2. The molecule has 212 valence electrons. The summed E-state index contributed by atoms with van der Waals surface area (Å²) in [6.45, 7) is 9.22. The van der Waals surface area contributed by atoms with E-state index in [9.17, 15) is 9.59 Å². The Morgan fingerprint density at radius 3 is 2.40 bits per heavy atom. The average Bonchev–Trinajstić information content (AvgIpc) is 3.53. The van der Waals surface area contributed by atoms with Crippen LogP contribution < -0.4 is 14.9 Å². The van der Waals surface area contributed by atoms with E-state index in [4.69, 9.17) is 9.73 Å². The first-order chi connectivity index (χ1) is 20.4. The zero-order chi connectivity index (χ0) is 29.4. The van der Waals surface area contributed by atoms with Gasteiger partial charge in [-0.3, -0.25) is 9.36 Å². The van der Waals surface area contributed by atoms with Crippen molar-refractivity contribution in [1.29, 1.82) is 0 Å². The van der Waals surface area contributed by atoms with Gasteiger partial charge < -0.3 is 9.30 Å². The Morgan fingerprint density at radius 1 is 1.00 bits per heavy atom. The molecule has 1 aliphatic heterocycles. The summed E-state index contributed by atoms with van der Waals surface area (Å²) in [5, 5.41) is 1.09. The highest BCUT2D eigenvalue weighted by Gasteiger charge is 2.35. The van der Waals surface area contributed by atoms with E-state index in [1.807, 2.05) is 60.7 Å². The quantitative estimate of drug-likeness (QED) is 0.223. The van der Waals surface area contributed by atoms with Crippen molar-refractivity contribution < 1.29 is 9.53 Å². The highest BCUT2D eigenvalue weighted by Crippen LogP contribution is 2.35. The fourth-order valence-electron chi connectivity index (χ4n) is 5.61. The topological polar surface area (TPSA) is 65.6 Å². The van der Waals surface area contributed by atoms with E-state index >= 15 is 0 Å². The van der Waals surface area contributed by atoms with Gasteiger partial charge in [-0.05, 0) is 43.0 Å². The SMILES string of the molecule is CCOC(=O)C1=C(c2ccccc2)N=c2s/c(=C\c3cn(CC)c4ccccc34)c(=O)n2[C@@H]1c1ccc(C(C)C)cc1. The van der Waals surface area contributed by atoms with Crippen LogP contribution >= 0.6 is 11.3 Å². The average molecular weight is 576 g/mol. The van der Waals surface area contributed by atoms with Crippen LogP contribution in [0.25, 0.3) is 22.7 Å². The number of fused-ring (bicyclic) bond motifs is 2. The van der Waals surface area contributed by atoms with Gasteiger partial charge in [-0.25, -0.2) is 9.79 Å². The van der Waals surface area contributed by atoms with Crippen LogP contribution in [0.15, 0.2) is 100 Å². The van der Waals surface area contributed by atoms with Crippen molar-refractivity contribution in [2.75, 3.05) is 6.61 Å². The van der Waals surface area contributed by atoms with E-state index in [1.54, 1.807) is 11.5 Å². The van der Waals surface area contributed by atoms with E-state index in [-0.39, 0.29) is 12.2 Å². The summed E-state index contributed by atoms with van der Waals surface area (Å²) in [6.07, 6.45) is 4.04. The first-order valence-corrected chi connectivity index (χ1v) is 15.2. The predicted octanol–water partition coefficient (Wildman–Crippen LogP) is 6.03. The van der Waals surface area contributed by atoms with Gasteiger partial charge in [0.05, 0.1) is 28.5 Å². The molecule has 0 saturated heterocycles. The summed E-state index contributed by atoms with van der Waals surface area (Å²) in [4.78, 5) is 33.5. The molecule has 0 aliphatic carbocycles. The summed E-state index contributed by atoms with van der Waals surface area (Å²) >= 11 is 1.35.